The molecule has 1 aliphatic carbocycles. The first-order valence-electron chi connectivity index (χ1n) is 14.4. The molecule has 0 fully saturated rings. The van der Waals surface area contributed by atoms with Crippen molar-refractivity contribution in [2.75, 3.05) is 0 Å². The van der Waals surface area contributed by atoms with E-state index in [0.717, 1.165) is 6.42 Å². The van der Waals surface area contributed by atoms with Crippen LogP contribution in [0, 0.1) is 0 Å². The first-order chi connectivity index (χ1) is 17.7. The van der Waals surface area contributed by atoms with Crippen molar-refractivity contribution in [3.05, 3.63) is 113 Å². The molecule has 0 heterocycles. The van der Waals surface area contributed by atoms with E-state index in [9.17, 15) is 0 Å². The normalized spacial score (nSPS) is 13.5. The second-order valence-corrected chi connectivity index (χ2v) is 14.3. The van der Waals surface area contributed by atoms with Crippen molar-refractivity contribution in [3.63, 3.8) is 0 Å². The van der Waals surface area contributed by atoms with Gasteiger partial charge in [-0.1, -0.05) is 142 Å². The first-order valence-corrected chi connectivity index (χ1v) is 16.4. The van der Waals surface area contributed by atoms with Crippen LogP contribution in [0.25, 0.3) is 0 Å². The molecule has 0 atom stereocenters. The van der Waals surface area contributed by atoms with Crippen LogP contribution in [0.2, 0.25) is 0 Å². The third-order valence-corrected chi connectivity index (χ3v) is 12.9. The van der Waals surface area contributed by atoms with Gasteiger partial charge in [0.15, 0.2) is 8.07 Å². The van der Waals surface area contributed by atoms with E-state index in [0.29, 0.717) is 0 Å². The summed E-state index contributed by atoms with van der Waals surface area (Å²) < 4.78 is 0. The van der Waals surface area contributed by atoms with Gasteiger partial charge in [0.25, 0.3) is 0 Å². The maximum absolute atomic E-state index is 2.48. The van der Waals surface area contributed by atoms with E-state index in [1.54, 1.807) is 10.8 Å². The molecule has 0 radical (unpaired) electrons. The Morgan fingerprint density at radius 1 is 0.556 bits per heavy atom. The van der Waals surface area contributed by atoms with E-state index in [1.807, 2.05) is 0 Å². The zero-order valence-electron chi connectivity index (χ0n) is 22.7. The third-order valence-electron chi connectivity index (χ3n) is 7.90. The van der Waals surface area contributed by atoms with E-state index in [4.69, 9.17) is 0 Å². The lowest BCUT2D eigenvalue weighted by molar-refractivity contribution is 0.795. The van der Waals surface area contributed by atoms with Gasteiger partial charge in [-0.2, -0.15) is 0 Å². The minimum atomic E-state index is -2.40. The summed E-state index contributed by atoms with van der Waals surface area (Å²) in [4.78, 5) is 0. The zero-order chi connectivity index (χ0) is 25.2. The van der Waals surface area contributed by atoms with Crippen LogP contribution in [0.15, 0.2) is 102 Å². The van der Waals surface area contributed by atoms with E-state index >= 15 is 0 Å². The summed E-state index contributed by atoms with van der Waals surface area (Å²) in [5.41, 5.74) is 4.53. The van der Waals surface area contributed by atoms with Gasteiger partial charge in [-0.15, -0.1) is 0 Å². The van der Waals surface area contributed by atoms with Gasteiger partial charge in [-0.3, -0.25) is 0 Å². The highest BCUT2D eigenvalue weighted by Gasteiger charge is 2.44. The zero-order valence-corrected chi connectivity index (χ0v) is 23.7. The fourth-order valence-electron chi connectivity index (χ4n) is 5.86. The van der Waals surface area contributed by atoms with Crippen molar-refractivity contribution in [1.82, 2.24) is 0 Å². The summed E-state index contributed by atoms with van der Waals surface area (Å²) in [6.07, 6.45) is 17.0. The lowest BCUT2D eigenvalue weighted by Gasteiger charge is -2.37. The van der Waals surface area contributed by atoms with Crippen molar-refractivity contribution >= 4 is 23.6 Å². The Morgan fingerprint density at radius 3 is 1.53 bits per heavy atom. The average molecular weight is 493 g/mol. The molecular weight excluding hydrogens is 448 g/mol. The van der Waals surface area contributed by atoms with E-state index in [2.05, 4.69) is 112 Å². The summed E-state index contributed by atoms with van der Waals surface area (Å²) in [7, 11) is -2.40. The van der Waals surface area contributed by atoms with Crippen molar-refractivity contribution < 1.29 is 0 Å². The molecule has 0 aliphatic heterocycles. The molecule has 3 aromatic carbocycles. The van der Waals surface area contributed by atoms with E-state index < -0.39 is 8.07 Å². The molecule has 0 unspecified atom stereocenters. The number of rotatable bonds is 13. The molecule has 0 bridgehead atoms. The molecule has 0 N–H and O–H groups in total. The molecular formula is C35H44Si. The summed E-state index contributed by atoms with van der Waals surface area (Å²) >= 11 is 0. The predicted molar refractivity (Wildman–Crippen MR) is 162 cm³/mol. The molecule has 1 heteroatoms. The molecule has 1 aliphatic rings. The lowest BCUT2D eigenvalue weighted by atomic mass is 10.1. The fourth-order valence-corrected chi connectivity index (χ4v) is 11.0. The van der Waals surface area contributed by atoms with Gasteiger partial charge in [0.05, 0.1) is 0 Å². The molecule has 4 rings (SSSR count). The Hall–Kier alpha value is -2.64. The smallest absolute Gasteiger partial charge is 0.0805 e. The number of hydrogen-bond donors (Lipinski definition) is 0. The van der Waals surface area contributed by atoms with Gasteiger partial charge < -0.3 is 0 Å². The fraction of sp³-hybridized carbons (Fsp3) is 0.371. The van der Waals surface area contributed by atoms with Crippen LogP contribution in [0.1, 0.15) is 83.3 Å². The highest BCUT2D eigenvalue weighted by Crippen LogP contribution is 2.31. The van der Waals surface area contributed by atoms with Crippen LogP contribution in [0.3, 0.4) is 0 Å². The summed E-state index contributed by atoms with van der Waals surface area (Å²) in [5.74, 6) is 0. The van der Waals surface area contributed by atoms with Gasteiger partial charge in [-0.25, -0.2) is 0 Å². The molecule has 0 saturated heterocycles. The molecule has 3 aromatic rings. The molecule has 0 nitrogen and oxygen atoms in total. The van der Waals surface area contributed by atoms with Crippen LogP contribution >= 0.6 is 0 Å². The summed E-state index contributed by atoms with van der Waals surface area (Å²) in [6, 6.07) is 31.1. The van der Waals surface area contributed by atoms with Gasteiger partial charge in [0.1, 0.15) is 0 Å². The maximum atomic E-state index is 2.48. The van der Waals surface area contributed by atoms with E-state index in [-0.39, 0.29) is 0 Å². The standard InChI is InChI=1S/C35H44Si/c1-4-7-14-29-21-25-33(26-22-29)36(32-18-11-10-12-19-32,35-20-13-17-31(35)16-9-6-3)34-27-23-30(24-28-34)15-8-5-2/h10-13,17-19,21-28H,4-9,14-16,20H2,1-3H3. The quantitative estimate of drug-likeness (QED) is 0.168. The highest BCUT2D eigenvalue weighted by atomic mass is 28.3. The van der Waals surface area contributed by atoms with Crippen molar-refractivity contribution in [2.45, 2.75) is 85.0 Å². The van der Waals surface area contributed by atoms with Crippen LogP contribution in [-0.2, 0) is 12.8 Å². The van der Waals surface area contributed by atoms with Crippen LogP contribution in [0.4, 0.5) is 0 Å². The summed E-state index contributed by atoms with van der Waals surface area (Å²) in [5, 5.41) is 6.27. The first kappa shape index (κ1) is 26.4. The van der Waals surface area contributed by atoms with Crippen LogP contribution < -0.4 is 15.6 Å². The van der Waals surface area contributed by atoms with Gasteiger partial charge >= 0.3 is 0 Å². The molecule has 36 heavy (non-hydrogen) atoms. The molecule has 0 aromatic heterocycles. The predicted octanol–water partition coefficient (Wildman–Crippen LogP) is 7.83. The SMILES string of the molecule is CCCCC1=C([Si](c2ccccc2)(c2ccc(CCCC)cc2)c2ccc(CCCC)cc2)CC=C1. The Bertz CT molecular complexity index is 1080. The number of benzene rings is 3. The molecule has 0 spiro atoms. The monoisotopic (exact) mass is 492 g/mol. The highest BCUT2D eigenvalue weighted by molar-refractivity contribution is 7.16. The number of allylic oxidation sites excluding steroid dienone is 4. The third kappa shape index (κ3) is 5.68. The second-order valence-electron chi connectivity index (χ2n) is 10.4. The molecule has 0 amide bonds. The Kier molecular flexibility index (Phi) is 9.58. The molecule has 0 saturated carbocycles. The van der Waals surface area contributed by atoms with Gasteiger partial charge in [0.2, 0.25) is 0 Å². The Balaban J connectivity index is 1.93. The number of aryl methyl sites for hydroxylation is 2. The van der Waals surface area contributed by atoms with Crippen molar-refractivity contribution in [2.24, 2.45) is 0 Å². The molecule has 188 valence electrons. The number of unbranched alkanes of at least 4 members (excludes halogenated alkanes) is 3. The van der Waals surface area contributed by atoms with Gasteiger partial charge in [0, 0.05) is 0 Å². The second kappa shape index (κ2) is 13.1. The summed E-state index contributed by atoms with van der Waals surface area (Å²) in [6.45, 7) is 6.87. The largest absolute Gasteiger partial charge is 0.176 e. The maximum Gasteiger partial charge on any atom is 0.176 e. The lowest BCUT2D eigenvalue weighted by Crippen LogP contribution is -2.68. The van der Waals surface area contributed by atoms with Crippen molar-refractivity contribution in [1.29, 1.82) is 0 Å². The number of hydrogen-bond acceptors (Lipinski definition) is 0. The van der Waals surface area contributed by atoms with Crippen LogP contribution in [-0.4, -0.2) is 8.07 Å². The van der Waals surface area contributed by atoms with Gasteiger partial charge in [-0.05, 0) is 71.6 Å². The minimum Gasteiger partial charge on any atom is -0.0805 e. The van der Waals surface area contributed by atoms with Crippen molar-refractivity contribution in [3.8, 4) is 0 Å². The van der Waals surface area contributed by atoms with E-state index in [1.165, 1.54) is 84.5 Å². The minimum absolute atomic E-state index is 1.08. The average Bonchev–Trinajstić information content (AvgIpc) is 3.40. The van der Waals surface area contributed by atoms with Crippen LogP contribution in [0.5, 0.6) is 0 Å². The Morgan fingerprint density at radius 2 is 1.03 bits per heavy atom. The topological polar surface area (TPSA) is 0 Å². The Labute approximate surface area is 221 Å².